The van der Waals surface area contributed by atoms with Crippen LogP contribution < -0.4 is 21.7 Å². The molecule has 0 fully saturated rings. The maximum Gasteiger partial charge on any atom is 0.241 e. The van der Waals surface area contributed by atoms with Gasteiger partial charge in [-0.2, -0.15) is 0 Å². The summed E-state index contributed by atoms with van der Waals surface area (Å²) >= 11 is 3.34. The highest BCUT2D eigenvalue weighted by atomic mass is 79.9. The summed E-state index contributed by atoms with van der Waals surface area (Å²) < 4.78 is 0.830. The molecular formula is C12H17BrN4O2. The Balaban J connectivity index is 2.89. The molecule has 1 aromatic rings. The second kappa shape index (κ2) is 6.53. The Morgan fingerprint density at radius 3 is 2.58 bits per heavy atom. The quantitative estimate of drug-likeness (QED) is 0.738. The molecule has 0 saturated heterocycles. The molecule has 1 aromatic carbocycles. The van der Waals surface area contributed by atoms with E-state index in [0.717, 1.165) is 10.2 Å². The van der Waals surface area contributed by atoms with E-state index in [-0.39, 0.29) is 6.42 Å². The molecule has 0 saturated carbocycles. The molecular weight excluding hydrogens is 312 g/mol. The highest BCUT2D eigenvalue weighted by molar-refractivity contribution is 9.10. The lowest BCUT2D eigenvalue weighted by atomic mass is 10.2. The predicted octanol–water partition coefficient (Wildman–Crippen LogP) is 0.656. The third-order valence-electron chi connectivity index (χ3n) is 2.46. The third kappa shape index (κ3) is 4.53. The van der Waals surface area contributed by atoms with Gasteiger partial charge in [0.15, 0.2) is 0 Å². The average molecular weight is 329 g/mol. The number of carbonyl (C=O) groups excluding carboxylic acids is 2. The van der Waals surface area contributed by atoms with Gasteiger partial charge in [-0.25, -0.2) is 0 Å². The van der Waals surface area contributed by atoms with Gasteiger partial charge in [-0.15, -0.1) is 0 Å². The summed E-state index contributed by atoms with van der Waals surface area (Å²) in [5.41, 5.74) is 12.1. The van der Waals surface area contributed by atoms with Gasteiger partial charge in [-0.05, 0) is 18.2 Å². The number of primary amides is 1. The molecule has 1 rings (SSSR count). The Bertz CT molecular complexity index is 491. The lowest BCUT2D eigenvalue weighted by Crippen LogP contribution is -2.39. The van der Waals surface area contributed by atoms with Gasteiger partial charge in [0.2, 0.25) is 11.8 Å². The fourth-order valence-corrected chi connectivity index (χ4v) is 1.89. The van der Waals surface area contributed by atoms with Crippen LogP contribution in [0.25, 0.3) is 0 Å². The van der Waals surface area contributed by atoms with Crippen LogP contribution in [0.1, 0.15) is 6.42 Å². The summed E-state index contributed by atoms with van der Waals surface area (Å²) in [6.07, 6.45) is -0.183. The van der Waals surface area contributed by atoms with Crippen LogP contribution in [0.15, 0.2) is 22.7 Å². The number of rotatable bonds is 5. The van der Waals surface area contributed by atoms with Crippen molar-refractivity contribution in [3.05, 3.63) is 22.7 Å². The highest BCUT2D eigenvalue weighted by Gasteiger charge is 2.17. The van der Waals surface area contributed by atoms with Crippen LogP contribution in [0, 0.1) is 0 Å². The molecule has 1 unspecified atom stereocenters. The molecule has 7 heteroatoms. The second-order valence-corrected chi connectivity index (χ2v) is 5.24. The van der Waals surface area contributed by atoms with E-state index < -0.39 is 17.9 Å². The van der Waals surface area contributed by atoms with Crippen molar-refractivity contribution in [1.29, 1.82) is 0 Å². The lowest BCUT2D eigenvalue weighted by Gasteiger charge is -2.19. The molecule has 1 atom stereocenters. The molecule has 6 nitrogen and oxygen atoms in total. The molecule has 0 aliphatic heterocycles. The zero-order chi connectivity index (χ0) is 14.6. The van der Waals surface area contributed by atoms with E-state index in [9.17, 15) is 9.59 Å². The van der Waals surface area contributed by atoms with Gasteiger partial charge in [0.05, 0.1) is 23.8 Å². The van der Waals surface area contributed by atoms with Gasteiger partial charge in [0.25, 0.3) is 0 Å². The summed E-state index contributed by atoms with van der Waals surface area (Å²) in [6.45, 7) is 0. The SMILES string of the molecule is CN(C)c1ccc(Br)cc1NC(=O)C(N)CC(N)=O. The minimum Gasteiger partial charge on any atom is -0.376 e. The van der Waals surface area contributed by atoms with E-state index in [4.69, 9.17) is 11.5 Å². The number of benzene rings is 1. The second-order valence-electron chi connectivity index (χ2n) is 4.32. The summed E-state index contributed by atoms with van der Waals surface area (Å²) in [5, 5.41) is 2.69. The van der Waals surface area contributed by atoms with Crippen LogP contribution in [0.5, 0.6) is 0 Å². The third-order valence-corrected chi connectivity index (χ3v) is 2.95. The van der Waals surface area contributed by atoms with Gasteiger partial charge >= 0.3 is 0 Å². The maximum absolute atomic E-state index is 11.9. The number of nitrogens with one attached hydrogen (secondary N) is 1. The molecule has 0 aromatic heterocycles. The Kier molecular flexibility index (Phi) is 5.31. The first-order chi connectivity index (χ1) is 8.81. The first kappa shape index (κ1) is 15.5. The Labute approximate surface area is 120 Å². The molecule has 0 bridgehead atoms. The lowest BCUT2D eigenvalue weighted by molar-refractivity contribution is -0.123. The van der Waals surface area contributed by atoms with E-state index in [1.807, 2.05) is 31.1 Å². The van der Waals surface area contributed by atoms with Crippen molar-refractivity contribution < 1.29 is 9.59 Å². The molecule has 19 heavy (non-hydrogen) atoms. The van der Waals surface area contributed by atoms with E-state index >= 15 is 0 Å². The largest absolute Gasteiger partial charge is 0.376 e. The monoisotopic (exact) mass is 328 g/mol. The highest BCUT2D eigenvalue weighted by Crippen LogP contribution is 2.28. The van der Waals surface area contributed by atoms with Gasteiger partial charge < -0.3 is 21.7 Å². The minimum absolute atomic E-state index is 0.183. The fraction of sp³-hybridized carbons (Fsp3) is 0.333. The number of amides is 2. The molecule has 0 heterocycles. The van der Waals surface area contributed by atoms with Crippen LogP contribution in [0.4, 0.5) is 11.4 Å². The van der Waals surface area contributed by atoms with Crippen LogP contribution in [-0.2, 0) is 9.59 Å². The predicted molar refractivity (Wildman–Crippen MR) is 78.9 cm³/mol. The Morgan fingerprint density at radius 2 is 2.05 bits per heavy atom. The Morgan fingerprint density at radius 1 is 1.42 bits per heavy atom. The molecule has 0 aliphatic rings. The van der Waals surface area contributed by atoms with Gasteiger partial charge in [0.1, 0.15) is 0 Å². The zero-order valence-corrected chi connectivity index (χ0v) is 12.4. The van der Waals surface area contributed by atoms with Crippen LogP contribution in [0.2, 0.25) is 0 Å². The smallest absolute Gasteiger partial charge is 0.241 e. The van der Waals surface area contributed by atoms with Crippen LogP contribution >= 0.6 is 15.9 Å². The number of hydrogen-bond acceptors (Lipinski definition) is 4. The van der Waals surface area contributed by atoms with Gasteiger partial charge in [-0.1, -0.05) is 15.9 Å². The van der Waals surface area contributed by atoms with E-state index in [0.29, 0.717) is 5.69 Å². The summed E-state index contributed by atoms with van der Waals surface area (Å²) in [5.74, 6) is -1.05. The van der Waals surface area contributed by atoms with Crippen molar-refractivity contribution in [2.45, 2.75) is 12.5 Å². The average Bonchev–Trinajstić information content (AvgIpc) is 2.27. The summed E-state index contributed by atoms with van der Waals surface area (Å²) in [7, 11) is 3.73. The van der Waals surface area contributed by atoms with Crippen LogP contribution in [0.3, 0.4) is 0 Å². The minimum atomic E-state index is -0.952. The van der Waals surface area contributed by atoms with Crippen LogP contribution in [-0.4, -0.2) is 32.0 Å². The van der Waals surface area contributed by atoms with Crippen molar-refractivity contribution in [3.8, 4) is 0 Å². The number of hydrogen-bond donors (Lipinski definition) is 3. The standard InChI is InChI=1S/C12H17BrN4O2/c1-17(2)10-4-3-7(13)5-9(10)16-12(19)8(14)6-11(15)18/h3-5,8H,6,14H2,1-2H3,(H2,15,18)(H,16,19). The van der Waals surface area contributed by atoms with Crippen molar-refractivity contribution in [1.82, 2.24) is 0 Å². The number of anilines is 2. The number of carbonyl (C=O) groups is 2. The van der Waals surface area contributed by atoms with E-state index in [2.05, 4.69) is 21.2 Å². The summed E-state index contributed by atoms with van der Waals surface area (Å²) in [6, 6.07) is 4.55. The number of nitrogens with two attached hydrogens (primary N) is 2. The molecule has 5 N–H and O–H groups in total. The number of nitrogens with zero attached hydrogens (tertiary/aromatic N) is 1. The number of halogens is 1. The molecule has 0 spiro atoms. The first-order valence-corrected chi connectivity index (χ1v) is 6.42. The van der Waals surface area contributed by atoms with Gasteiger partial charge in [0, 0.05) is 18.6 Å². The molecule has 2 amide bonds. The topological polar surface area (TPSA) is 101 Å². The van der Waals surface area contributed by atoms with Gasteiger partial charge in [-0.3, -0.25) is 9.59 Å². The van der Waals surface area contributed by atoms with E-state index in [1.54, 1.807) is 6.07 Å². The van der Waals surface area contributed by atoms with E-state index in [1.165, 1.54) is 0 Å². The molecule has 0 radical (unpaired) electrons. The van der Waals surface area contributed by atoms with Crippen molar-refractivity contribution >= 4 is 39.1 Å². The summed E-state index contributed by atoms with van der Waals surface area (Å²) in [4.78, 5) is 24.5. The fourth-order valence-electron chi connectivity index (χ4n) is 1.53. The zero-order valence-electron chi connectivity index (χ0n) is 10.8. The molecule has 0 aliphatic carbocycles. The normalized spacial score (nSPS) is 11.8. The Hall–Kier alpha value is -1.60. The van der Waals surface area contributed by atoms with Crippen molar-refractivity contribution in [2.24, 2.45) is 11.5 Å². The maximum atomic E-state index is 11.9. The van der Waals surface area contributed by atoms with Crippen molar-refractivity contribution in [3.63, 3.8) is 0 Å². The first-order valence-electron chi connectivity index (χ1n) is 5.63. The van der Waals surface area contributed by atoms with Crippen molar-refractivity contribution in [2.75, 3.05) is 24.3 Å². The molecule has 104 valence electrons.